The van der Waals surface area contributed by atoms with Crippen LogP contribution in [-0.2, 0) is 30.1 Å². The molecule has 0 amide bonds. The molecular weight excluding hydrogens is 412 g/mol. The second-order valence-corrected chi connectivity index (χ2v) is 9.80. The van der Waals surface area contributed by atoms with Crippen LogP contribution >= 0.6 is 0 Å². The summed E-state index contributed by atoms with van der Waals surface area (Å²) in [5, 5.41) is 19.8. The van der Waals surface area contributed by atoms with Crippen LogP contribution in [0, 0.1) is 6.92 Å². The van der Waals surface area contributed by atoms with Crippen LogP contribution < -0.4 is 0 Å². The van der Waals surface area contributed by atoms with E-state index in [1.54, 1.807) is 6.92 Å². The van der Waals surface area contributed by atoms with Crippen molar-refractivity contribution in [2.45, 2.75) is 26.5 Å². The van der Waals surface area contributed by atoms with Gasteiger partial charge in [-0.15, -0.1) is 0 Å². The van der Waals surface area contributed by atoms with E-state index < -0.39 is 61.2 Å². The minimum absolute atomic E-state index is 0.153. The van der Waals surface area contributed by atoms with Gasteiger partial charge in [0.15, 0.2) is 10.6 Å². The molecule has 4 N–H and O–H groups in total. The Morgan fingerprint density at radius 2 is 1.27 bits per heavy atom. The van der Waals surface area contributed by atoms with Crippen LogP contribution in [0.4, 0.5) is 0 Å². The topological polar surface area (TPSA) is 183 Å². The quantitative estimate of drug-likeness (QED) is 0.403. The van der Waals surface area contributed by atoms with Crippen LogP contribution in [0.25, 0.3) is 0 Å². The maximum atomic E-state index is 12.7. The summed E-state index contributed by atoms with van der Waals surface area (Å²) in [5.74, 6) is -3.16. The molecule has 10 nitrogen and oxygen atoms in total. The van der Waals surface area contributed by atoms with Gasteiger partial charge in [0.2, 0.25) is 9.84 Å². The Balaban J connectivity index is 3.03. The predicted octanol–water partition coefficient (Wildman–Crippen LogP) is 0.732. The molecule has 0 bridgehead atoms. The molecule has 0 saturated heterocycles. The molecule has 0 aliphatic rings. The lowest BCUT2D eigenvalue weighted by Gasteiger charge is -2.14. The fourth-order valence-corrected chi connectivity index (χ4v) is 5.54. The van der Waals surface area contributed by atoms with Crippen LogP contribution in [0.3, 0.4) is 0 Å². The zero-order chi connectivity index (χ0) is 20.1. The van der Waals surface area contributed by atoms with Gasteiger partial charge in [-0.2, -0.15) is 16.8 Å². The molecule has 142 valence electrons. The largest absolute Gasteiger partial charge is 0.506 e. The molecule has 0 heterocycles. The molecule has 13 heteroatoms. The Labute approximate surface area is 148 Å². The number of aryl methyl sites for hydroxylation is 1. The van der Waals surface area contributed by atoms with Crippen molar-refractivity contribution >= 4 is 30.1 Å². The summed E-state index contributed by atoms with van der Waals surface area (Å²) >= 11 is 0. The van der Waals surface area contributed by atoms with E-state index in [0.717, 1.165) is 12.1 Å². The first-order valence-electron chi connectivity index (χ1n) is 6.53. The second-order valence-electron chi connectivity index (χ2n) is 5.17. The van der Waals surface area contributed by atoms with E-state index in [2.05, 4.69) is 0 Å². The van der Waals surface area contributed by atoms with E-state index in [-0.39, 0.29) is 6.07 Å². The minimum atomic E-state index is -5.53. The number of rotatable bonds is 4. The Morgan fingerprint density at radius 1 is 0.769 bits per heavy atom. The Morgan fingerprint density at radius 3 is 1.69 bits per heavy atom. The molecule has 2 aromatic rings. The molecule has 0 atom stereocenters. The van der Waals surface area contributed by atoms with Gasteiger partial charge in [-0.05, 0) is 19.1 Å². The smallest absolute Gasteiger partial charge is 0.299 e. The van der Waals surface area contributed by atoms with Gasteiger partial charge in [0.1, 0.15) is 15.5 Å². The third kappa shape index (κ3) is 3.52. The van der Waals surface area contributed by atoms with Crippen molar-refractivity contribution in [3.05, 3.63) is 35.9 Å². The van der Waals surface area contributed by atoms with Crippen LogP contribution in [0.1, 0.15) is 5.56 Å². The maximum absolute atomic E-state index is 12.7. The molecule has 0 unspecified atom stereocenters. The highest BCUT2D eigenvalue weighted by Crippen LogP contribution is 2.43. The zero-order valence-corrected chi connectivity index (χ0v) is 15.3. The lowest BCUT2D eigenvalue weighted by Crippen LogP contribution is -2.13. The molecule has 2 aromatic carbocycles. The van der Waals surface area contributed by atoms with Crippen molar-refractivity contribution in [3.8, 4) is 11.5 Å². The Bertz CT molecular complexity index is 1190. The minimum Gasteiger partial charge on any atom is -0.506 e. The van der Waals surface area contributed by atoms with Gasteiger partial charge in [0, 0.05) is 6.07 Å². The molecule has 0 radical (unpaired) electrons. The summed E-state index contributed by atoms with van der Waals surface area (Å²) in [6.07, 6.45) is 0. The van der Waals surface area contributed by atoms with Gasteiger partial charge in [-0.3, -0.25) is 9.11 Å². The third-order valence-corrected chi connectivity index (χ3v) is 7.04. The number of phenolic OH excluding ortho intramolecular Hbond substituents is 2. The van der Waals surface area contributed by atoms with E-state index >= 15 is 0 Å². The number of aromatic hydroxyl groups is 2. The van der Waals surface area contributed by atoms with Gasteiger partial charge in [-0.1, -0.05) is 17.7 Å². The van der Waals surface area contributed by atoms with Crippen molar-refractivity contribution < 1.29 is 44.6 Å². The molecule has 26 heavy (non-hydrogen) atoms. The van der Waals surface area contributed by atoms with Crippen LogP contribution in [0.15, 0.2) is 49.9 Å². The molecule has 2 rings (SSSR count). The fourth-order valence-electron chi connectivity index (χ4n) is 2.12. The Kier molecular flexibility index (Phi) is 4.80. The highest BCUT2D eigenvalue weighted by Gasteiger charge is 2.37. The van der Waals surface area contributed by atoms with Crippen LogP contribution in [0.5, 0.6) is 11.5 Å². The van der Waals surface area contributed by atoms with Crippen LogP contribution in [0.2, 0.25) is 0 Å². The normalized spacial score (nSPS) is 12.9. The summed E-state index contributed by atoms with van der Waals surface area (Å²) in [7, 11) is -15.6. The highest BCUT2D eigenvalue weighted by molar-refractivity contribution is 7.93. The maximum Gasteiger partial charge on any atom is 0.299 e. The van der Waals surface area contributed by atoms with Crippen LogP contribution in [-0.4, -0.2) is 44.6 Å². The standard InChI is InChI=1S/C13H12O10S3/c1-7-2-4-8(5-3-7)24(16,17)12-9(14)6-10(25(18,19)20)11(15)13(12)26(21,22)23/h2-6,14-15H,1H3,(H,18,19,20)(H,21,22,23). The van der Waals surface area contributed by atoms with E-state index in [0.29, 0.717) is 5.56 Å². The predicted molar refractivity (Wildman–Crippen MR) is 86.0 cm³/mol. The van der Waals surface area contributed by atoms with Gasteiger partial charge < -0.3 is 10.2 Å². The average Bonchev–Trinajstić information content (AvgIpc) is 2.46. The fraction of sp³-hybridized carbons (Fsp3) is 0.0769. The first kappa shape index (κ1) is 20.1. The second kappa shape index (κ2) is 6.21. The molecular formula is C13H12O10S3. The van der Waals surface area contributed by atoms with Crippen molar-refractivity contribution in [2.24, 2.45) is 0 Å². The zero-order valence-electron chi connectivity index (χ0n) is 12.8. The van der Waals surface area contributed by atoms with Gasteiger partial charge in [0.05, 0.1) is 4.90 Å². The molecule has 0 fully saturated rings. The van der Waals surface area contributed by atoms with E-state index in [1.165, 1.54) is 12.1 Å². The van der Waals surface area contributed by atoms with Crippen molar-refractivity contribution in [3.63, 3.8) is 0 Å². The molecule has 0 aromatic heterocycles. The van der Waals surface area contributed by atoms with Gasteiger partial charge in [-0.25, -0.2) is 8.42 Å². The van der Waals surface area contributed by atoms with Crippen molar-refractivity contribution in [1.29, 1.82) is 0 Å². The first-order valence-corrected chi connectivity index (χ1v) is 10.9. The van der Waals surface area contributed by atoms with Gasteiger partial charge >= 0.3 is 0 Å². The summed E-state index contributed by atoms with van der Waals surface area (Å²) in [6.45, 7) is 1.64. The molecule has 0 aliphatic carbocycles. The lowest BCUT2D eigenvalue weighted by molar-refractivity contribution is 0.399. The first-order chi connectivity index (χ1) is 11.7. The monoisotopic (exact) mass is 424 g/mol. The number of phenols is 2. The molecule has 0 saturated carbocycles. The highest BCUT2D eigenvalue weighted by atomic mass is 32.2. The van der Waals surface area contributed by atoms with Gasteiger partial charge in [0.25, 0.3) is 20.2 Å². The number of benzene rings is 2. The Hall–Kier alpha value is -2.19. The molecule has 0 aliphatic heterocycles. The summed E-state index contributed by atoms with van der Waals surface area (Å²) < 4.78 is 89.2. The SMILES string of the molecule is Cc1ccc(S(=O)(=O)c2c(O)cc(S(=O)(=O)O)c(O)c2S(=O)(=O)O)cc1. The number of sulfone groups is 1. The number of hydrogen-bond donors (Lipinski definition) is 4. The van der Waals surface area contributed by atoms with E-state index in [9.17, 15) is 40.0 Å². The lowest BCUT2D eigenvalue weighted by atomic mass is 10.2. The summed E-state index contributed by atoms with van der Waals surface area (Å²) in [4.78, 5) is -5.20. The molecule has 0 spiro atoms. The van der Waals surface area contributed by atoms with E-state index in [4.69, 9.17) is 4.55 Å². The summed E-state index contributed by atoms with van der Waals surface area (Å²) in [5.41, 5.74) is 0.660. The summed E-state index contributed by atoms with van der Waals surface area (Å²) in [6, 6.07) is 5.03. The van der Waals surface area contributed by atoms with E-state index in [1.807, 2.05) is 0 Å². The number of hydrogen-bond acceptors (Lipinski definition) is 8. The average molecular weight is 424 g/mol. The third-order valence-electron chi connectivity index (χ3n) is 3.29. The van der Waals surface area contributed by atoms with Crippen molar-refractivity contribution in [1.82, 2.24) is 0 Å². The van der Waals surface area contributed by atoms with Crippen molar-refractivity contribution in [2.75, 3.05) is 0 Å².